The van der Waals surface area contributed by atoms with E-state index in [1.165, 1.54) is 19.2 Å². The molecule has 1 aliphatic rings. The summed E-state index contributed by atoms with van der Waals surface area (Å²) in [6.07, 6.45) is 0. The molecule has 2 heterocycles. The van der Waals surface area contributed by atoms with Crippen LogP contribution in [0.5, 0.6) is 0 Å². The zero-order chi connectivity index (χ0) is 14.0. The molecule has 0 unspecified atom stereocenters. The van der Waals surface area contributed by atoms with E-state index in [0.29, 0.717) is 13.1 Å². The number of hydrogen-bond acceptors (Lipinski definition) is 5. The van der Waals surface area contributed by atoms with Gasteiger partial charge in [-0.2, -0.15) is 0 Å². The number of nitrogens with one attached hydrogen (secondary N) is 1. The lowest BCUT2D eigenvalue weighted by Crippen LogP contribution is -2.47. The first kappa shape index (κ1) is 14.0. The zero-order valence-corrected chi connectivity index (χ0v) is 11.7. The summed E-state index contributed by atoms with van der Waals surface area (Å²) in [5.74, 6) is -0.218. The molecule has 1 amide bonds. The maximum atomic E-state index is 12.1. The molecule has 0 radical (unpaired) electrons. The highest BCUT2D eigenvalue weighted by molar-refractivity contribution is 7.89. The smallest absolute Gasteiger partial charge is 0.289 e. The molecule has 0 saturated carbocycles. The van der Waals surface area contributed by atoms with Gasteiger partial charge in [-0.1, -0.05) is 0 Å². The number of hydrogen-bond donors (Lipinski definition) is 1. The van der Waals surface area contributed by atoms with E-state index in [0.717, 1.165) is 13.1 Å². The minimum absolute atomic E-state index is 0.0541. The van der Waals surface area contributed by atoms with Crippen LogP contribution in [-0.4, -0.2) is 64.4 Å². The molecule has 1 aromatic rings. The molecule has 1 N–H and O–H groups in total. The average Bonchev–Trinajstić information content (AvgIpc) is 2.89. The van der Waals surface area contributed by atoms with Crippen molar-refractivity contribution < 1.29 is 17.6 Å². The summed E-state index contributed by atoms with van der Waals surface area (Å²) in [6.45, 7) is 2.83. The van der Waals surface area contributed by atoms with Crippen LogP contribution < -0.4 is 4.72 Å². The van der Waals surface area contributed by atoms with Gasteiger partial charge in [-0.15, -0.1) is 0 Å². The van der Waals surface area contributed by atoms with Gasteiger partial charge in [-0.25, -0.2) is 13.1 Å². The first-order chi connectivity index (χ1) is 8.94. The molecular weight excluding hydrogens is 270 g/mol. The normalized spacial score (nSPS) is 17.7. The molecule has 1 aromatic heterocycles. The molecule has 0 spiro atoms. The van der Waals surface area contributed by atoms with Gasteiger partial charge in [0.15, 0.2) is 5.76 Å². The topological polar surface area (TPSA) is 82.9 Å². The Balaban J connectivity index is 2.13. The molecule has 0 aliphatic carbocycles. The van der Waals surface area contributed by atoms with Crippen molar-refractivity contribution >= 4 is 15.9 Å². The molecule has 1 saturated heterocycles. The molecule has 2 rings (SSSR count). The Bertz CT molecular complexity index is 558. The van der Waals surface area contributed by atoms with Crippen LogP contribution in [0.4, 0.5) is 0 Å². The molecule has 8 heteroatoms. The quantitative estimate of drug-likeness (QED) is 0.816. The summed E-state index contributed by atoms with van der Waals surface area (Å²) >= 11 is 0. The van der Waals surface area contributed by atoms with Crippen molar-refractivity contribution in [3.63, 3.8) is 0 Å². The van der Waals surface area contributed by atoms with E-state index in [2.05, 4.69) is 9.62 Å². The first-order valence-corrected chi connectivity index (χ1v) is 7.43. The van der Waals surface area contributed by atoms with E-state index in [-0.39, 0.29) is 16.8 Å². The van der Waals surface area contributed by atoms with Crippen molar-refractivity contribution in [2.75, 3.05) is 40.3 Å². The number of carbonyl (C=O) groups is 1. The zero-order valence-electron chi connectivity index (χ0n) is 10.9. The van der Waals surface area contributed by atoms with E-state index in [4.69, 9.17) is 4.42 Å². The second kappa shape index (κ2) is 5.32. The SMILES string of the molecule is CNS(=O)(=O)c1ccc(C(=O)N2CCN(C)CC2)o1. The fraction of sp³-hybridized carbons (Fsp3) is 0.545. The van der Waals surface area contributed by atoms with Crippen LogP contribution in [0, 0.1) is 0 Å². The standard InChI is InChI=1S/C11H17N3O4S/c1-12-19(16,17)10-4-3-9(18-10)11(15)14-7-5-13(2)6-8-14/h3-4,12H,5-8H2,1-2H3. The highest BCUT2D eigenvalue weighted by Crippen LogP contribution is 2.16. The molecule has 1 fully saturated rings. The number of sulfonamides is 1. The highest BCUT2D eigenvalue weighted by atomic mass is 32.2. The maximum absolute atomic E-state index is 12.1. The predicted octanol–water partition coefficient (Wildman–Crippen LogP) is -0.425. The number of carbonyl (C=O) groups excluding carboxylic acids is 1. The number of likely N-dealkylation sites (N-methyl/N-ethyl adjacent to an activating group) is 1. The minimum atomic E-state index is -3.65. The van der Waals surface area contributed by atoms with Gasteiger partial charge in [0, 0.05) is 26.2 Å². The second-order valence-electron chi connectivity index (χ2n) is 4.42. The van der Waals surface area contributed by atoms with E-state index in [9.17, 15) is 13.2 Å². The Morgan fingerprint density at radius 3 is 2.47 bits per heavy atom. The Kier molecular flexibility index (Phi) is 3.93. The van der Waals surface area contributed by atoms with Crippen molar-refractivity contribution in [3.8, 4) is 0 Å². The number of rotatable bonds is 3. The first-order valence-electron chi connectivity index (χ1n) is 5.95. The number of piperazine rings is 1. The molecular formula is C11H17N3O4S. The Morgan fingerprint density at radius 2 is 1.89 bits per heavy atom. The highest BCUT2D eigenvalue weighted by Gasteiger charge is 2.25. The van der Waals surface area contributed by atoms with Gasteiger partial charge in [0.25, 0.3) is 15.9 Å². The van der Waals surface area contributed by atoms with Gasteiger partial charge in [-0.3, -0.25) is 4.79 Å². The summed E-state index contributed by atoms with van der Waals surface area (Å²) in [6, 6.07) is 2.68. The average molecular weight is 287 g/mol. The van der Waals surface area contributed by atoms with E-state index in [1.54, 1.807) is 4.90 Å². The van der Waals surface area contributed by atoms with Gasteiger partial charge < -0.3 is 14.2 Å². The predicted molar refractivity (Wildman–Crippen MR) is 68.4 cm³/mol. The lowest BCUT2D eigenvalue weighted by Gasteiger charge is -2.31. The number of furan rings is 1. The summed E-state index contributed by atoms with van der Waals surface area (Å²) in [5, 5.41) is -0.243. The Morgan fingerprint density at radius 1 is 1.26 bits per heavy atom. The lowest BCUT2D eigenvalue weighted by atomic mass is 10.3. The van der Waals surface area contributed by atoms with Crippen molar-refractivity contribution in [3.05, 3.63) is 17.9 Å². The molecule has 0 aromatic carbocycles. The third-order valence-electron chi connectivity index (χ3n) is 3.12. The van der Waals surface area contributed by atoms with Crippen LogP contribution in [0.15, 0.2) is 21.6 Å². The van der Waals surface area contributed by atoms with Crippen molar-refractivity contribution in [1.82, 2.24) is 14.5 Å². The van der Waals surface area contributed by atoms with Gasteiger partial charge in [0.2, 0.25) is 5.09 Å². The van der Waals surface area contributed by atoms with E-state index < -0.39 is 10.0 Å². The van der Waals surface area contributed by atoms with Crippen LogP contribution >= 0.6 is 0 Å². The molecule has 0 bridgehead atoms. The molecule has 19 heavy (non-hydrogen) atoms. The molecule has 1 aliphatic heterocycles. The number of nitrogens with zero attached hydrogens (tertiary/aromatic N) is 2. The molecule has 0 atom stereocenters. The fourth-order valence-electron chi connectivity index (χ4n) is 1.85. The monoisotopic (exact) mass is 287 g/mol. The lowest BCUT2D eigenvalue weighted by molar-refractivity contribution is 0.0627. The molecule has 106 valence electrons. The fourth-order valence-corrected chi connectivity index (χ4v) is 2.49. The van der Waals surface area contributed by atoms with Crippen LogP contribution in [0.3, 0.4) is 0 Å². The summed E-state index contributed by atoms with van der Waals surface area (Å²) in [7, 11) is -0.362. The van der Waals surface area contributed by atoms with Gasteiger partial charge in [0.1, 0.15) is 0 Å². The Hall–Kier alpha value is -1.38. The van der Waals surface area contributed by atoms with Gasteiger partial charge in [0.05, 0.1) is 0 Å². The summed E-state index contributed by atoms with van der Waals surface area (Å²) < 4.78 is 30.3. The minimum Gasteiger partial charge on any atom is -0.438 e. The largest absolute Gasteiger partial charge is 0.438 e. The third-order valence-corrected chi connectivity index (χ3v) is 4.40. The van der Waals surface area contributed by atoms with Gasteiger partial charge in [-0.05, 0) is 26.2 Å². The van der Waals surface area contributed by atoms with Crippen LogP contribution in [0.1, 0.15) is 10.6 Å². The van der Waals surface area contributed by atoms with Crippen molar-refractivity contribution in [2.45, 2.75) is 5.09 Å². The number of amides is 1. The van der Waals surface area contributed by atoms with Crippen LogP contribution in [0.25, 0.3) is 0 Å². The molecule has 7 nitrogen and oxygen atoms in total. The maximum Gasteiger partial charge on any atom is 0.289 e. The van der Waals surface area contributed by atoms with Crippen molar-refractivity contribution in [1.29, 1.82) is 0 Å². The third kappa shape index (κ3) is 2.96. The van der Waals surface area contributed by atoms with E-state index in [1.807, 2.05) is 7.05 Å². The summed E-state index contributed by atoms with van der Waals surface area (Å²) in [5.41, 5.74) is 0. The van der Waals surface area contributed by atoms with Crippen LogP contribution in [0.2, 0.25) is 0 Å². The van der Waals surface area contributed by atoms with E-state index >= 15 is 0 Å². The van der Waals surface area contributed by atoms with Gasteiger partial charge >= 0.3 is 0 Å². The van der Waals surface area contributed by atoms with Crippen LogP contribution in [-0.2, 0) is 10.0 Å². The second-order valence-corrected chi connectivity index (χ2v) is 6.24. The Labute approximate surface area is 112 Å². The summed E-state index contributed by atoms with van der Waals surface area (Å²) in [4.78, 5) is 15.9. The van der Waals surface area contributed by atoms with Crippen molar-refractivity contribution in [2.24, 2.45) is 0 Å².